The third-order valence-electron chi connectivity index (χ3n) is 2.68. The Morgan fingerprint density at radius 2 is 1.86 bits per heavy atom. The standard InChI is InChI=1S/C14H15N3O4/c1-8-4-5-11(20-3)10(6-8)15-13(18)14(19)16-12-7-9(2)21-17-12/h4-7H,1-3H3,(H,15,18)(H,16,17,19). The van der Waals surface area contributed by atoms with Gasteiger partial charge in [-0.15, -0.1) is 0 Å². The van der Waals surface area contributed by atoms with Crippen molar-refractivity contribution in [2.45, 2.75) is 13.8 Å². The highest BCUT2D eigenvalue weighted by Gasteiger charge is 2.17. The van der Waals surface area contributed by atoms with Crippen LogP contribution in [0.25, 0.3) is 0 Å². The Labute approximate surface area is 121 Å². The molecule has 1 heterocycles. The maximum atomic E-state index is 11.9. The van der Waals surface area contributed by atoms with Crippen molar-refractivity contribution in [3.8, 4) is 5.75 Å². The van der Waals surface area contributed by atoms with E-state index in [9.17, 15) is 9.59 Å². The summed E-state index contributed by atoms with van der Waals surface area (Å²) in [7, 11) is 1.48. The molecule has 7 nitrogen and oxygen atoms in total. The average molecular weight is 289 g/mol. The zero-order valence-corrected chi connectivity index (χ0v) is 11.9. The van der Waals surface area contributed by atoms with Gasteiger partial charge in [-0.1, -0.05) is 11.2 Å². The molecule has 0 aliphatic carbocycles. The predicted molar refractivity (Wildman–Crippen MR) is 76.2 cm³/mol. The molecule has 2 N–H and O–H groups in total. The molecule has 110 valence electrons. The van der Waals surface area contributed by atoms with E-state index in [0.29, 0.717) is 17.2 Å². The summed E-state index contributed by atoms with van der Waals surface area (Å²) < 4.78 is 9.93. The van der Waals surface area contributed by atoms with Crippen LogP contribution in [-0.2, 0) is 9.59 Å². The smallest absolute Gasteiger partial charge is 0.315 e. The summed E-state index contributed by atoms with van der Waals surface area (Å²) in [6, 6.07) is 6.78. The number of amides is 2. The van der Waals surface area contributed by atoms with E-state index in [1.807, 2.05) is 13.0 Å². The first-order valence-corrected chi connectivity index (χ1v) is 6.20. The summed E-state index contributed by atoms with van der Waals surface area (Å²) >= 11 is 0. The summed E-state index contributed by atoms with van der Waals surface area (Å²) in [5, 5.41) is 8.41. The van der Waals surface area contributed by atoms with Gasteiger partial charge in [0.05, 0.1) is 12.8 Å². The lowest BCUT2D eigenvalue weighted by Gasteiger charge is -2.10. The number of methoxy groups -OCH3 is 1. The van der Waals surface area contributed by atoms with Crippen molar-refractivity contribution in [1.82, 2.24) is 5.16 Å². The monoisotopic (exact) mass is 289 g/mol. The number of ether oxygens (including phenoxy) is 1. The molecule has 0 saturated carbocycles. The molecule has 2 aromatic rings. The molecular weight excluding hydrogens is 274 g/mol. The number of nitrogens with one attached hydrogen (secondary N) is 2. The molecule has 0 aliphatic heterocycles. The minimum atomic E-state index is -0.841. The third-order valence-corrected chi connectivity index (χ3v) is 2.68. The zero-order chi connectivity index (χ0) is 15.4. The molecule has 2 rings (SSSR count). The van der Waals surface area contributed by atoms with Crippen molar-refractivity contribution in [3.63, 3.8) is 0 Å². The van der Waals surface area contributed by atoms with Gasteiger partial charge in [-0.25, -0.2) is 0 Å². The van der Waals surface area contributed by atoms with E-state index in [1.54, 1.807) is 19.1 Å². The Balaban J connectivity index is 2.07. The summed E-state index contributed by atoms with van der Waals surface area (Å²) in [6.45, 7) is 3.55. The lowest BCUT2D eigenvalue weighted by atomic mass is 10.2. The van der Waals surface area contributed by atoms with Crippen LogP contribution in [0.4, 0.5) is 11.5 Å². The minimum absolute atomic E-state index is 0.184. The van der Waals surface area contributed by atoms with E-state index < -0.39 is 11.8 Å². The van der Waals surface area contributed by atoms with Crippen LogP contribution in [0, 0.1) is 13.8 Å². The molecule has 0 spiro atoms. The van der Waals surface area contributed by atoms with Gasteiger partial charge in [-0.3, -0.25) is 14.9 Å². The molecular formula is C14H15N3O4. The van der Waals surface area contributed by atoms with Crippen LogP contribution in [0.2, 0.25) is 0 Å². The SMILES string of the molecule is COc1ccc(C)cc1NC(=O)C(=O)Nc1cc(C)on1. The van der Waals surface area contributed by atoms with Gasteiger partial charge in [0.15, 0.2) is 5.82 Å². The molecule has 21 heavy (non-hydrogen) atoms. The fraction of sp³-hybridized carbons (Fsp3) is 0.214. The van der Waals surface area contributed by atoms with Crippen molar-refractivity contribution in [1.29, 1.82) is 0 Å². The summed E-state index contributed by atoms with van der Waals surface area (Å²) in [5.74, 6) is -0.472. The van der Waals surface area contributed by atoms with Crippen LogP contribution in [0.3, 0.4) is 0 Å². The van der Waals surface area contributed by atoms with Crippen LogP contribution in [-0.4, -0.2) is 24.1 Å². The first-order valence-electron chi connectivity index (χ1n) is 6.20. The second-order valence-corrected chi connectivity index (χ2v) is 4.43. The maximum absolute atomic E-state index is 11.9. The van der Waals surface area contributed by atoms with Gasteiger partial charge in [-0.2, -0.15) is 0 Å². The van der Waals surface area contributed by atoms with E-state index in [1.165, 1.54) is 13.2 Å². The van der Waals surface area contributed by atoms with Crippen LogP contribution >= 0.6 is 0 Å². The molecule has 0 unspecified atom stereocenters. The highest BCUT2D eigenvalue weighted by Crippen LogP contribution is 2.25. The van der Waals surface area contributed by atoms with Crippen LogP contribution < -0.4 is 15.4 Å². The largest absolute Gasteiger partial charge is 0.495 e. The van der Waals surface area contributed by atoms with E-state index in [0.717, 1.165) is 5.56 Å². The average Bonchev–Trinajstić information content (AvgIpc) is 2.84. The number of aryl methyl sites for hydroxylation is 2. The molecule has 1 aromatic heterocycles. The Bertz CT molecular complexity index is 679. The second kappa shape index (κ2) is 6.08. The second-order valence-electron chi connectivity index (χ2n) is 4.43. The Morgan fingerprint density at radius 1 is 1.14 bits per heavy atom. The first-order chi connectivity index (χ1) is 9.99. The predicted octanol–water partition coefficient (Wildman–Crippen LogP) is 1.88. The summed E-state index contributed by atoms with van der Waals surface area (Å²) in [6.07, 6.45) is 0. The molecule has 0 bridgehead atoms. The lowest BCUT2D eigenvalue weighted by Crippen LogP contribution is -2.29. The molecule has 0 aliphatic rings. The van der Waals surface area contributed by atoms with Gasteiger partial charge < -0.3 is 14.6 Å². The van der Waals surface area contributed by atoms with Gasteiger partial charge >= 0.3 is 11.8 Å². The number of nitrogens with zero attached hydrogens (tertiary/aromatic N) is 1. The van der Waals surface area contributed by atoms with Crippen LogP contribution in [0.15, 0.2) is 28.8 Å². The fourth-order valence-electron chi connectivity index (χ4n) is 1.70. The quantitative estimate of drug-likeness (QED) is 0.841. The van der Waals surface area contributed by atoms with Crippen molar-refractivity contribution >= 4 is 23.3 Å². The zero-order valence-electron chi connectivity index (χ0n) is 11.9. The van der Waals surface area contributed by atoms with E-state index in [2.05, 4.69) is 15.8 Å². The van der Waals surface area contributed by atoms with E-state index in [4.69, 9.17) is 9.26 Å². The molecule has 0 fully saturated rings. The van der Waals surface area contributed by atoms with Gasteiger partial charge in [0.2, 0.25) is 0 Å². The van der Waals surface area contributed by atoms with Crippen molar-refractivity contribution < 1.29 is 18.8 Å². The van der Waals surface area contributed by atoms with Crippen molar-refractivity contribution in [2.75, 3.05) is 17.7 Å². The van der Waals surface area contributed by atoms with Gasteiger partial charge in [0, 0.05) is 6.07 Å². The normalized spacial score (nSPS) is 10.0. The lowest BCUT2D eigenvalue weighted by molar-refractivity contribution is -0.133. The minimum Gasteiger partial charge on any atom is -0.495 e. The fourth-order valence-corrected chi connectivity index (χ4v) is 1.70. The Morgan fingerprint density at radius 3 is 2.48 bits per heavy atom. The number of anilines is 2. The molecule has 7 heteroatoms. The summed E-state index contributed by atoms with van der Waals surface area (Å²) in [5.41, 5.74) is 1.35. The van der Waals surface area contributed by atoms with Crippen molar-refractivity contribution in [3.05, 3.63) is 35.6 Å². The Kier molecular flexibility index (Phi) is 4.22. The van der Waals surface area contributed by atoms with Gasteiger partial charge in [0.1, 0.15) is 11.5 Å². The van der Waals surface area contributed by atoms with Gasteiger partial charge in [0.25, 0.3) is 0 Å². The molecule has 2 amide bonds. The number of aromatic nitrogens is 1. The number of hydrogen-bond donors (Lipinski definition) is 2. The summed E-state index contributed by atoms with van der Waals surface area (Å²) in [4.78, 5) is 23.6. The number of rotatable bonds is 3. The van der Waals surface area contributed by atoms with E-state index >= 15 is 0 Å². The maximum Gasteiger partial charge on any atom is 0.315 e. The third kappa shape index (κ3) is 3.59. The highest BCUT2D eigenvalue weighted by molar-refractivity contribution is 6.43. The molecule has 0 atom stereocenters. The Hall–Kier alpha value is -2.83. The van der Waals surface area contributed by atoms with E-state index in [-0.39, 0.29) is 5.82 Å². The highest BCUT2D eigenvalue weighted by atomic mass is 16.5. The molecule has 0 saturated heterocycles. The number of hydrogen-bond acceptors (Lipinski definition) is 5. The number of carbonyl (C=O) groups is 2. The van der Waals surface area contributed by atoms with Crippen LogP contribution in [0.1, 0.15) is 11.3 Å². The molecule has 1 aromatic carbocycles. The molecule has 0 radical (unpaired) electrons. The number of benzene rings is 1. The number of carbonyl (C=O) groups excluding carboxylic acids is 2. The van der Waals surface area contributed by atoms with Crippen LogP contribution in [0.5, 0.6) is 5.75 Å². The topological polar surface area (TPSA) is 93.5 Å². The van der Waals surface area contributed by atoms with Gasteiger partial charge in [-0.05, 0) is 31.5 Å². The first kappa shape index (κ1) is 14.6. The van der Waals surface area contributed by atoms with Crippen molar-refractivity contribution in [2.24, 2.45) is 0 Å².